The van der Waals surface area contributed by atoms with E-state index in [9.17, 15) is 4.79 Å². The molecule has 2 fully saturated rings. The molecule has 0 radical (unpaired) electrons. The minimum atomic E-state index is -0.0284. The fourth-order valence-electron chi connectivity index (χ4n) is 5.85. The van der Waals surface area contributed by atoms with E-state index in [0.29, 0.717) is 29.5 Å². The van der Waals surface area contributed by atoms with Crippen LogP contribution in [0.1, 0.15) is 56.6 Å². The van der Waals surface area contributed by atoms with E-state index in [1.54, 1.807) is 7.11 Å². The van der Waals surface area contributed by atoms with Gasteiger partial charge in [0.15, 0.2) is 0 Å². The smallest absolute Gasteiger partial charge is 0.139 e. The molecule has 2 heteroatoms. The molecule has 22 heavy (non-hydrogen) atoms. The second-order valence-electron chi connectivity index (χ2n) is 7.95. The van der Waals surface area contributed by atoms with Crippen molar-refractivity contribution in [3.05, 3.63) is 29.3 Å². The molecule has 1 aromatic carbocycles. The average Bonchev–Trinajstić information content (AvgIpc) is 2.82. The minimum absolute atomic E-state index is 0.0284. The molecule has 4 rings (SSSR count). The predicted molar refractivity (Wildman–Crippen MR) is 87.2 cm³/mol. The minimum Gasteiger partial charge on any atom is -0.497 e. The van der Waals surface area contributed by atoms with E-state index in [-0.39, 0.29) is 5.41 Å². The summed E-state index contributed by atoms with van der Waals surface area (Å²) in [6.45, 7) is 4.65. The van der Waals surface area contributed by atoms with Crippen LogP contribution in [-0.2, 0) is 11.2 Å². The quantitative estimate of drug-likeness (QED) is 0.769. The van der Waals surface area contributed by atoms with Crippen molar-refractivity contribution in [1.29, 1.82) is 0 Å². The second-order valence-corrected chi connectivity index (χ2v) is 7.95. The van der Waals surface area contributed by atoms with Crippen molar-refractivity contribution in [2.45, 2.75) is 51.9 Å². The number of Topliss-reactive ketones (excluding diaryl/α,β-unsaturated/α-hetero) is 1. The van der Waals surface area contributed by atoms with Crippen LogP contribution >= 0.6 is 0 Å². The molecule has 0 aliphatic heterocycles. The largest absolute Gasteiger partial charge is 0.497 e. The standard InChI is InChI=1S/C20H26O2/c1-12-10-13-11-14(22-3)4-5-15(13)16-8-9-20(2)17(19(12)16)6-7-18(20)21/h4-5,11-12,16-17,19H,6-10H2,1-3H3/t12-,16-,17?,19-,20+/m1/s1. The average molecular weight is 298 g/mol. The Kier molecular flexibility index (Phi) is 3.15. The highest BCUT2D eigenvalue weighted by Gasteiger charge is 2.56. The van der Waals surface area contributed by atoms with Gasteiger partial charge >= 0.3 is 0 Å². The van der Waals surface area contributed by atoms with E-state index in [2.05, 4.69) is 32.0 Å². The van der Waals surface area contributed by atoms with Crippen molar-refractivity contribution in [3.63, 3.8) is 0 Å². The molecule has 0 heterocycles. The molecule has 118 valence electrons. The Hall–Kier alpha value is -1.31. The van der Waals surface area contributed by atoms with Gasteiger partial charge in [-0.1, -0.05) is 19.9 Å². The Morgan fingerprint density at radius 1 is 1.27 bits per heavy atom. The Bertz CT molecular complexity index is 620. The molecule has 0 saturated heterocycles. The highest BCUT2D eigenvalue weighted by atomic mass is 16.5. The molecule has 3 aliphatic carbocycles. The highest BCUT2D eigenvalue weighted by molar-refractivity contribution is 5.87. The van der Waals surface area contributed by atoms with E-state index >= 15 is 0 Å². The lowest BCUT2D eigenvalue weighted by atomic mass is 9.53. The van der Waals surface area contributed by atoms with Crippen LogP contribution < -0.4 is 4.74 Å². The summed E-state index contributed by atoms with van der Waals surface area (Å²) in [5, 5.41) is 0. The zero-order chi connectivity index (χ0) is 15.5. The Morgan fingerprint density at radius 3 is 2.86 bits per heavy atom. The van der Waals surface area contributed by atoms with Gasteiger partial charge in [-0.15, -0.1) is 0 Å². The summed E-state index contributed by atoms with van der Waals surface area (Å²) in [7, 11) is 1.74. The third kappa shape index (κ3) is 1.82. The van der Waals surface area contributed by atoms with Crippen molar-refractivity contribution in [1.82, 2.24) is 0 Å². The number of benzene rings is 1. The van der Waals surface area contributed by atoms with E-state index in [1.807, 2.05) is 0 Å². The first-order chi connectivity index (χ1) is 10.5. The van der Waals surface area contributed by atoms with Gasteiger partial charge in [0.05, 0.1) is 7.11 Å². The van der Waals surface area contributed by atoms with Gasteiger partial charge in [0.2, 0.25) is 0 Å². The number of carbonyl (C=O) groups is 1. The molecule has 3 aliphatic rings. The van der Waals surface area contributed by atoms with Crippen LogP contribution in [0, 0.1) is 23.2 Å². The third-order valence-corrected chi connectivity index (χ3v) is 6.99. The van der Waals surface area contributed by atoms with Crippen molar-refractivity contribution >= 4 is 5.78 Å². The summed E-state index contributed by atoms with van der Waals surface area (Å²) in [6.07, 6.45) is 5.32. The normalized spacial score (nSPS) is 39.9. The van der Waals surface area contributed by atoms with Gasteiger partial charge in [-0.2, -0.15) is 0 Å². The molecule has 0 aromatic heterocycles. The molecule has 1 unspecified atom stereocenters. The number of rotatable bonds is 1. The van der Waals surface area contributed by atoms with Gasteiger partial charge in [-0.05, 0) is 72.6 Å². The zero-order valence-corrected chi connectivity index (χ0v) is 13.9. The van der Waals surface area contributed by atoms with Gasteiger partial charge in [-0.25, -0.2) is 0 Å². The van der Waals surface area contributed by atoms with Crippen molar-refractivity contribution in [2.24, 2.45) is 23.2 Å². The van der Waals surface area contributed by atoms with Crippen LogP contribution in [0.3, 0.4) is 0 Å². The first kappa shape index (κ1) is 14.3. The summed E-state index contributed by atoms with van der Waals surface area (Å²) in [5.41, 5.74) is 2.98. The molecule has 2 nitrogen and oxygen atoms in total. The topological polar surface area (TPSA) is 26.3 Å². The molecule has 2 saturated carbocycles. The third-order valence-electron chi connectivity index (χ3n) is 6.99. The maximum Gasteiger partial charge on any atom is 0.139 e. The predicted octanol–water partition coefficient (Wildman–Crippen LogP) is 4.37. The fraction of sp³-hybridized carbons (Fsp3) is 0.650. The van der Waals surface area contributed by atoms with E-state index in [4.69, 9.17) is 4.74 Å². The van der Waals surface area contributed by atoms with Crippen LogP contribution in [0.15, 0.2) is 18.2 Å². The van der Waals surface area contributed by atoms with Gasteiger partial charge in [0, 0.05) is 11.8 Å². The van der Waals surface area contributed by atoms with Crippen LogP contribution in [0.2, 0.25) is 0 Å². The molecule has 0 N–H and O–H groups in total. The van der Waals surface area contributed by atoms with Crippen molar-refractivity contribution in [2.75, 3.05) is 7.11 Å². The van der Waals surface area contributed by atoms with Crippen LogP contribution in [-0.4, -0.2) is 12.9 Å². The van der Waals surface area contributed by atoms with E-state index < -0.39 is 0 Å². The summed E-state index contributed by atoms with van der Waals surface area (Å²) in [6, 6.07) is 6.63. The van der Waals surface area contributed by atoms with E-state index in [0.717, 1.165) is 31.4 Å². The van der Waals surface area contributed by atoms with Crippen LogP contribution in [0.4, 0.5) is 0 Å². The molecular weight excluding hydrogens is 272 g/mol. The van der Waals surface area contributed by atoms with Gasteiger partial charge in [0.25, 0.3) is 0 Å². The van der Waals surface area contributed by atoms with Crippen LogP contribution in [0.25, 0.3) is 0 Å². The lowest BCUT2D eigenvalue weighted by Crippen LogP contribution is -2.45. The molecule has 1 aromatic rings. The number of ether oxygens (including phenoxy) is 1. The number of methoxy groups -OCH3 is 1. The molecule has 0 spiro atoms. The number of carbonyl (C=O) groups excluding carboxylic acids is 1. The number of fused-ring (bicyclic) bond motifs is 5. The molecule has 0 amide bonds. The lowest BCUT2D eigenvalue weighted by Gasteiger charge is -2.51. The highest BCUT2D eigenvalue weighted by Crippen LogP contribution is 2.60. The molecule has 5 atom stereocenters. The SMILES string of the molecule is COc1ccc2c(c1)C[C@@H](C)[C@H]1C3CCC(=O)[C@@]3(C)CC[C@H]21. The first-order valence-electron chi connectivity index (χ1n) is 8.74. The van der Waals surface area contributed by atoms with Crippen molar-refractivity contribution < 1.29 is 9.53 Å². The van der Waals surface area contributed by atoms with Gasteiger partial charge in [-0.3, -0.25) is 4.79 Å². The van der Waals surface area contributed by atoms with Gasteiger partial charge < -0.3 is 4.74 Å². The Labute approximate surface area is 133 Å². The summed E-state index contributed by atoms with van der Waals surface area (Å²) in [4.78, 5) is 12.4. The number of hydrogen-bond acceptors (Lipinski definition) is 2. The zero-order valence-electron chi connectivity index (χ0n) is 13.9. The molecular formula is C20H26O2. The fourth-order valence-corrected chi connectivity index (χ4v) is 5.85. The Balaban J connectivity index is 1.75. The summed E-state index contributed by atoms with van der Waals surface area (Å²) in [5.74, 6) is 4.11. The maximum atomic E-state index is 12.4. The number of hydrogen-bond donors (Lipinski definition) is 0. The summed E-state index contributed by atoms with van der Waals surface area (Å²) >= 11 is 0. The van der Waals surface area contributed by atoms with E-state index in [1.165, 1.54) is 17.5 Å². The monoisotopic (exact) mass is 298 g/mol. The second kappa shape index (κ2) is 4.84. The lowest BCUT2D eigenvalue weighted by molar-refractivity contribution is -0.129. The van der Waals surface area contributed by atoms with Crippen molar-refractivity contribution in [3.8, 4) is 5.75 Å². The van der Waals surface area contributed by atoms with Crippen LogP contribution in [0.5, 0.6) is 5.75 Å². The maximum absolute atomic E-state index is 12.4. The molecule has 0 bridgehead atoms. The van der Waals surface area contributed by atoms with Gasteiger partial charge in [0.1, 0.15) is 11.5 Å². The summed E-state index contributed by atoms with van der Waals surface area (Å²) < 4.78 is 5.41. The number of ketones is 1. The first-order valence-corrected chi connectivity index (χ1v) is 8.74. The Morgan fingerprint density at radius 2 is 2.09 bits per heavy atom.